The normalized spacial score (nSPS) is 23.0. The molecule has 2 atom stereocenters. The molecule has 1 aromatic carbocycles. The fraction of sp³-hybridized carbons (Fsp3) is 0.571. The molecule has 22 heavy (non-hydrogen) atoms. The molecule has 2 N–H and O–H groups in total. The summed E-state index contributed by atoms with van der Waals surface area (Å²) in [4.78, 5) is 0. The first-order chi connectivity index (χ1) is 10.3. The van der Waals surface area contributed by atoms with Gasteiger partial charge in [-0.15, -0.1) is 0 Å². The topological polar surface area (TPSA) is 61.4 Å². The molecule has 2 rings (SSSR count). The number of benzene rings is 1. The van der Waals surface area contributed by atoms with E-state index in [9.17, 15) is 12.8 Å². The number of rotatable bonds is 5. The molecule has 5 nitrogen and oxygen atoms in total. The Morgan fingerprint density at radius 3 is 2.86 bits per heavy atom. The van der Waals surface area contributed by atoms with Gasteiger partial charge in [-0.2, -0.15) is 17.4 Å². The highest BCUT2D eigenvalue weighted by Gasteiger charge is 2.26. The van der Waals surface area contributed by atoms with Gasteiger partial charge < -0.3 is 5.32 Å². The molecule has 124 valence electrons. The van der Waals surface area contributed by atoms with E-state index >= 15 is 0 Å². The number of hydrogen-bond donors (Lipinski definition) is 2. The molecule has 0 spiro atoms. The molecular weight excluding hydrogens is 329 g/mol. The first-order valence-corrected chi connectivity index (χ1v) is 9.01. The van der Waals surface area contributed by atoms with E-state index in [1.165, 1.54) is 19.2 Å². The van der Waals surface area contributed by atoms with E-state index in [4.69, 9.17) is 11.6 Å². The lowest BCUT2D eigenvalue weighted by molar-refractivity contribution is 0.351. The molecule has 1 aliphatic rings. The van der Waals surface area contributed by atoms with Crippen molar-refractivity contribution in [3.8, 4) is 0 Å². The summed E-state index contributed by atoms with van der Waals surface area (Å²) in [6.07, 6.45) is 1.46. The van der Waals surface area contributed by atoms with Gasteiger partial charge in [0.25, 0.3) is 10.2 Å². The van der Waals surface area contributed by atoms with Gasteiger partial charge in [0.05, 0.1) is 0 Å². The second-order valence-corrected chi connectivity index (χ2v) is 7.87. The number of hydrogen-bond acceptors (Lipinski definition) is 3. The highest BCUT2D eigenvalue weighted by Crippen LogP contribution is 2.21. The minimum Gasteiger partial charge on any atom is -0.314 e. The monoisotopic (exact) mass is 349 g/mol. The molecule has 0 saturated carbocycles. The molecule has 1 aliphatic heterocycles. The van der Waals surface area contributed by atoms with Gasteiger partial charge >= 0.3 is 0 Å². The lowest BCUT2D eigenvalue weighted by Gasteiger charge is -2.30. The highest BCUT2D eigenvalue weighted by atomic mass is 35.5. The zero-order valence-electron chi connectivity index (χ0n) is 12.6. The van der Waals surface area contributed by atoms with Crippen LogP contribution in [0, 0.1) is 5.82 Å². The van der Waals surface area contributed by atoms with Crippen LogP contribution in [0.25, 0.3) is 0 Å². The Bertz CT molecular complexity index is 606. The summed E-state index contributed by atoms with van der Waals surface area (Å²) in [7, 11) is -2.27. The van der Waals surface area contributed by atoms with Crippen molar-refractivity contribution >= 4 is 21.8 Å². The Hall–Kier alpha value is -0.730. The van der Waals surface area contributed by atoms with Gasteiger partial charge in [-0.1, -0.05) is 17.7 Å². The van der Waals surface area contributed by atoms with Gasteiger partial charge in [-0.05, 0) is 38.4 Å². The summed E-state index contributed by atoms with van der Waals surface area (Å²) in [5, 5.41) is 3.49. The number of piperidine rings is 1. The van der Waals surface area contributed by atoms with Crippen molar-refractivity contribution < 1.29 is 12.8 Å². The van der Waals surface area contributed by atoms with E-state index in [1.54, 1.807) is 6.07 Å². The van der Waals surface area contributed by atoms with Gasteiger partial charge in [0, 0.05) is 36.3 Å². The standard InChI is InChI=1S/C14H21ClFN3O2S/c1-10-8-11(6-7-17-10)18-22(20,21)19(2)9-12-13(15)4-3-5-14(12)16/h3-5,10-11,17-18H,6-9H2,1-2H3. The first-order valence-electron chi connectivity index (χ1n) is 7.19. The van der Waals surface area contributed by atoms with Crippen LogP contribution >= 0.6 is 11.6 Å². The maximum Gasteiger partial charge on any atom is 0.279 e. The Labute approximate surface area is 136 Å². The zero-order valence-corrected chi connectivity index (χ0v) is 14.2. The Balaban J connectivity index is 2.05. The van der Waals surface area contributed by atoms with Gasteiger partial charge in [0.2, 0.25) is 0 Å². The predicted molar refractivity (Wildman–Crippen MR) is 85.4 cm³/mol. The summed E-state index contributed by atoms with van der Waals surface area (Å²) in [5.74, 6) is -0.509. The van der Waals surface area contributed by atoms with Gasteiger partial charge in [-0.25, -0.2) is 4.39 Å². The van der Waals surface area contributed by atoms with E-state index in [-0.39, 0.29) is 29.2 Å². The minimum atomic E-state index is -3.68. The summed E-state index contributed by atoms with van der Waals surface area (Å²) in [6, 6.07) is 4.46. The molecule has 8 heteroatoms. The van der Waals surface area contributed by atoms with Crippen molar-refractivity contribution in [3.05, 3.63) is 34.6 Å². The van der Waals surface area contributed by atoms with Crippen LogP contribution in [0.2, 0.25) is 5.02 Å². The van der Waals surface area contributed by atoms with Crippen LogP contribution in [0.1, 0.15) is 25.3 Å². The lowest BCUT2D eigenvalue weighted by Crippen LogP contribution is -2.49. The van der Waals surface area contributed by atoms with Gasteiger partial charge in [0.1, 0.15) is 5.82 Å². The average Bonchev–Trinajstić information content (AvgIpc) is 2.42. The van der Waals surface area contributed by atoms with Gasteiger partial charge in [-0.3, -0.25) is 0 Å². The molecule has 0 radical (unpaired) electrons. The van der Waals surface area contributed by atoms with Crippen LogP contribution in [0.15, 0.2) is 18.2 Å². The number of halogens is 2. The van der Waals surface area contributed by atoms with E-state index in [0.717, 1.165) is 23.7 Å². The van der Waals surface area contributed by atoms with Crippen molar-refractivity contribution in [3.63, 3.8) is 0 Å². The van der Waals surface area contributed by atoms with E-state index in [1.807, 2.05) is 6.92 Å². The second-order valence-electron chi connectivity index (χ2n) is 5.66. The van der Waals surface area contributed by atoms with E-state index in [0.29, 0.717) is 0 Å². The minimum absolute atomic E-state index is 0.110. The largest absolute Gasteiger partial charge is 0.314 e. The Morgan fingerprint density at radius 1 is 1.50 bits per heavy atom. The van der Waals surface area contributed by atoms with Crippen LogP contribution in [-0.2, 0) is 16.8 Å². The Morgan fingerprint density at radius 2 is 2.23 bits per heavy atom. The molecule has 0 bridgehead atoms. The first kappa shape index (κ1) is 17.6. The molecule has 1 aromatic rings. The quantitative estimate of drug-likeness (QED) is 0.853. The summed E-state index contributed by atoms with van der Waals surface area (Å²) in [5.41, 5.74) is 0.177. The highest BCUT2D eigenvalue weighted by molar-refractivity contribution is 7.87. The summed E-state index contributed by atoms with van der Waals surface area (Å²) in [6.45, 7) is 2.68. The summed E-state index contributed by atoms with van der Waals surface area (Å²) >= 11 is 5.94. The van der Waals surface area contributed by atoms with Gasteiger partial charge in [0.15, 0.2) is 0 Å². The number of nitrogens with one attached hydrogen (secondary N) is 2. The van der Waals surface area contributed by atoms with E-state index < -0.39 is 16.0 Å². The molecule has 2 unspecified atom stereocenters. The zero-order chi connectivity index (χ0) is 16.3. The predicted octanol–water partition coefficient (Wildman–Crippen LogP) is 1.89. The van der Waals surface area contributed by atoms with Crippen molar-refractivity contribution in [2.45, 2.75) is 38.4 Å². The van der Waals surface area contributed by atoms with Crippen molar-refractivity contribution in [1.82, 2.24) is 14.3 Å². The smallest absolute Gasteiger partial charge is 0.279 e. The van der Waals surface area contributed by atoms with Crippen LogP contribution < -0.4 is 10.0 Å². The number of nitrogens with zero attached hydrogens (tertiary/aromatic N) is 1. The molecule has 0 amide bonds. The lowest BCUT2D eigenvalue weighted by atomic mass is 10.0. The van der Waals surface area contributed by atoms with Crippen LogP contribution in [-0.4, -0.2) is 38.4 Å². The third kappa shape index (κ3) is 4.39. The maximum atomic E-state index is 13.8. The fourth-order valence-corrected chi connectivity index (χ4v) is 3.87. The average molecular weight is 350 g/mol. The molecule has 1 saturated heterocycles. The maximum absolute atomic E-state index is 13.8. The van der Waals surface area contributed by atoms with Crippen molar-refractivity contribution in [2.75, 3.05) is 13.6 Å². The van der Waals surface area contributed by atoms with Crippen molar-refractivity contribution in [2.24, 2.45) is 0 Å². The Kier molecular flexibility index (Phi) is 5.79. The third-order valence-electron chi connectivity index (χ3n) is 3.79. The molecule has 0 aromatic heterocycles. The molecule has 1 fully saturated rings. The molecular formula is C14H21ClFN3O2S. The molecule has 0 aliphatic carbocycles. The van der Waals surface area contributed by atoms with Crippen molar-refractivity contribution in [1.29, 1.82) is 0 Å². The third-order valence-corrected chi connectivity index (χ3v) is 5.73. The van der Waals surface area contributed by atoms with Crippen LogP contribution in [0.5, 0.6) is 0 Å². The van der Waals surface area contributed by atoms with Crippen LogP contribution in [0.3, 0.4) is 0 Å². The van der Waals surface area contributed by atoms with Crippen LogP contribution in [0.4, 0.5) is 4.39 Å². The fourth-order valence-electron chi connectivity index (χ4n) is 2.53. The summed E-state index contributed by atoms with van der Waals surface area (Å²) < 4.78 is 42.3. The second kappa shape index (κ2) is 7.23. The van der Waals surface area contributed by atoms with E-state index in [2.05, 4.69) is 10.0 Å². The SMILES string of the molecule is CC1CC(NS(=O)(=O)N(C)Cc2c(F)cccc2Cl)CCN1. The molecule has 1 heterocycles.